The zero-order valence-corrected chi connectivity index (χ0v) is 15.2. The molecule has 0 bridgehead atoms. The number of H-pyrrole nitrogens is 1. The number of benzene rings is 1. The van der Waals surface area contributed by atoms with E-state index in [1.54, 1.807) is 7.11 Å². The smallest absolute Gasteiger partial charge is 0.0657 e. The number of anilines is 1. The van der Waals surface area contributed by atoms with E-state index in [2.05, 4.69) is 50.5 Å². The van der Waals surface area contributed by atoms with E-state index in [0.29, 0.717) is 12.6 Å². The molecule has 3 aromatic rings. The molecule has 2 N–H and O–H groups in total. The van der Waals surface area contributed by atoms with E-state index in [-0.39, 0.29) is 6.04 Å². The number of nitrogens with one attached hydrogen (secondary N) is 2. The minimum absolute atomic E-state index is 0.217. The number of ether oxygens (including phenoxy) is 1. The van der Waals surface area contributed by atoms with Crippen LogP contribution in [-0.4, -0.2) is 42.8 Å². The van der Waals surface area contributed by atoms with E-state index in [1.165, 1.54) is 22.2 Å². The molecule has 1 aliphatic rings. The van der Waals surface area contributed by atoms with Gasteiger partial charge in [-0.25, -0.2) is 0 Å². The normalized spacial score (nSPS) is 16.9. The largest absolute Gasteiger partial charge is 0.383 e. The lowest BCUT2D eigenvalue weighted by Gasteiger charge is -2.35. The number of methoxy groups -OCH3 is 1. The third kappa shape index (κ3) is 3.74. The number of nitrogens with zero attached hydrogens (tertiary/aromatic N) is 2. The number of aromatic nitrogens is 2. The maximum Gasteiger partial charge on any atom is 0.0657 e. The molecule has 5 heteroatoms. The van der Waals surface area contributed by atoms with E-state index in [1.807, 2.05) is 24.7 Å². The number of piperidine rings is 1. The highest BCUT2D eigenvalue weighted by molar-refractivity contribution is 5.80. The van der Waals surface area contributed by atoms with Gasteiger partial charge in [-0.05, 0) is 54.1 Å². The minimum Gasteiger partial charge on any atom is -0.383 e. The highest BCUT2D eigenvalue weighted by Gasteiger charge is 2.23. The van der Waals surface area contributed by atoms with E-state index in [4.69, 9.17) is 4.74 Å². The summed E-state index contributed by atoms with van der Waals surface area (Å²) in [5, 5.41) is 5.07. The van der Waals surface area contributed by atoms with Crippen molar-refractivity contribution in [2.75, 3.05) is 31.7 Å². The molecule has 1 aliphatic heterocycles. The second kappa shape index (κ2) is 7.89. The van der Waals surface area contributed by atoms with E-state index < -0.39 is 0 Å². The van der Waals surface area contributed by atoms with Crippen LogP contribution in [0, 0.1) is 0 Å². The number of rotatable bonds is 6. The average molecular weight is 350 g/mol. The number of hydrogen-bond donors (Lipinski definition) is 2. The van der Waals surface area contributed by atoms with Gasteiger partial charge in [0.25, 0.3) is 0 Å². The van der Waals surface area contributed by atoms with Gasteiger partial charge < -0.3 is 19.9 Å². The lowest BCUT2D eigenvalue weighted by atomic mass is 10.00. The van der Waals surface area contributed by atoms with Gasteiger partial charge >= 0.3 is 0 Å². The first-order chi connectivity index (χ1) is 12.8. The minimum atomic E-state index is 0.217. The third-order valence-electron chi connectivity index (χ3n) is 5.26. The summed E-state index contributed by atoms with van der Waals surface area (Å²) >= 11 is 0. The van der Waals surface area contributed by atoms with E-state index >= 15 is 0 Å². The Kier molecular flexibility index (Phi) is 5.18. The van der Waals surface area contributed by atoms with Crippen LogP contribution >= 0.6 is 0 Å². The van der Waals surface area contributed by atoms with Crippen molar-refractivity contribution < 1.29 is 4.74 Å². The summed E-state index contributed by atoms with van der Waals surface area (Å²) in [7, 11) is 1.77. The number of hydrogen-bond acceptors (Lipinski definition) is 4. The van der Waals surface area contributed by atoms with Crippen LogP contribution < -0.4 is 10.2 Å². The maximum atomic E-state index is 5.49. The summed E-state index contributed by atoms with van der Waals surface area (Å²) in [6.45, 7) is 2.79. The Balaban J connectivity index is 1.41. The quantitative estimate of drug-likeness (QED) is 0.714. The van der Waals surface area contributed by atoms with Crippen molar-refractivity contribution in [3.8, 4) is 0 Å². The van der Waals surface area contributed by atoms with Crippen LogP contribution in [0.4, 0.5) is 5.69 Å². The zero-order chi connectivity index (χ0) is 17.8. The van der Waals surface area contributed by atoms with E-state index in [9.17, 15) is 0 Å². The van der Waals surface area contributed by atoms with Crippen molar-refractivity contribution in [3.63, 3.8) is 0 Å². The highest BCUT2D eigenvalue weighted by Crippen LogP contribution is 2.24. The molecule has 0 aliphatic carbocycles. The van der Waals surface area contributed by atoms with Crippen LogP contribution in [0.2, 0.25) is 0 Å². The van der Waals surface area contributed by atoms with Gasteiger partial charge in [0, 0.05) is 44.2 Å². The van der Waals surface area contributed by atoms with Gasteiger partial charge in [0.05, 0.1) is 24.5 Å². The highest BCUT2D eigenvalue weighted by atomic mass is 16.5. The Morgan fingerprint density at radius 1 is 1.27 bits per heavy atom. The van der Waals surface area contributed by atoms with Crippen molar-refractivity contribution in [1.29, 1.82) is 0 Å². The Bertz CT molecular complexity index is 824. The molecule has 5 nitrogen and oxygen atoms in total. The Hall–Kier alpha value is -2.37. The van der Waals surface area contributed by atoms with Crippen molar-refractivity contribution in [2.45, 2.75) is 24.9 Å². The van der Waals surface area contributed by atoms with Gasteiger partial charge in [-0.15, -0.1) is 0 Å². The first-order valence-corrected chi connectivity index (χ1v) is 9.30. The summed E-state index contributed by atoms with van der Waals surface area (Å²) in [6.07, 6.45) is 8.02. The van der Waals surface area contributed by atoms with Gasteiger partial charge in [0.1, 0.15) is 0 Å². The Morgan fingerprint density at radius 3 is 2.92 bits per heavy atom. The lowest BCUT2D eigenvalue weighted by Crippen LogP contribution is -2.44. The molecule has 1 fully saturated rings. The van der Waals surface area contributed by atoms with Crippen LogP contribution in [-0.2, 0) is 4.74 Å². The summed E-state index contributed by atoms with van der Waals surface area (Å²) in [4.78, 5) is 9.91. The molecule has 3 heterocycles. The first kappa shape index (κ1) is 17.1. The molecule has 136 valence electrons. The summed E-state index contributed by atoms with van der Waals surface area (Å²) in [5.41, 5.74) is 3.68. The molecule has 0 saturated carbocycles. The summed E-state index contributed by atoms with van der Waals surface area (Å²) in [5.74, 6) is 0. The number of aromatic amines is 1. The van der Waals surface area contributed by atoms with E-state index in [0.717, 1.165) is 25.9 Å². The molecule has 1 atom stereocenters. The third-order valence-corrected chi connectivity index (χ3v) is 5.26. The second-order valence-electron chi connectivity index (χ2n) is 6.97. The summed E-state index contributed by atoms with van der Waals surface area (Å²) < 4.78 is 5.49. The molecule has 26 heavy (non-hydrogen) atoms. The molecular formula is C21H26N4O. The lowest BCUT2D eigenvalue weighted by molar-refractivity contribution is 0.158. The first-order valence-electron chi connectivity index (χ1n) is 9.30. The topological polar surface area (TPSA) is 53.2 Å². The van der Waals surface area contributed by atoms with Gasteiger partial charge in [0.15, 0.2) is 0 Å². The van der Waals surface area contributed by atoms with Crippen molar-refractivity contribution in [1.82, 2.24) is 15.3 Å². The Morgan fingerprint density at radius 2 is 2.15 bits per heavy atom. The standard InChI is InChI=1S/C21H26N4O/c1-26-15-21(16-4-5-20-17(13-16)6-10-23-20)24-18-7-11-25(12-8-18)19-3-2-9-22-14-19/h2-6,9-10,13-14,18,21,23-24H,7-8,11-12,15H2,1H3. The molecule has 0 spiro atoms. The van der Waals surface area contributed by atoms with Gasteiger partial charge in [-0.2, -0.15) is 0 Å². The number of pyridine rings is 1. The molecule has 1 aromatic carbocycles. The molecule has 4 rings (SSSR count). The fraction of sp³-hybridized carbons (Fsp3) is 0.381. The molecular weight excluding hydrogens is 324 g/mol. The SMILES string of the molecule is COCC(NC1CCN(c2cccnc2)CC1)c1ccc2[nH]ccc2c1. The van der Waals surface area contributed by atoms with Crippen LogP contribution in [0.25, 0.3) is 10.9 Å². The maximum absolute atomic E-state index is 5.49. The van der Waals surface area contributed by atoms with Crippen molar-refractivity contribution >= 4 is 16.6 Å². The molecule has 1 unspecified atom stereocenters. The zero-order valence-electron chi connectivity index (χ0n) is 15.2. The monoisotopic (exact) mass is 350 g/mol. The van der Waals surface area contributed by atoms with Gasteiger partial charge in [0.2, 0.25) is 0 Å². The molecule has 1 saturated heterocycles. The Labute approximate surface area is 154 Å². The average Bonchev–Trinajstić information content (AvgIpc) is 3.17. The van der Waals surface area contributed by atoms with Gasteiger partial charge in [-0.3, -0.25) is 4.98 Å². The van der Waals surface area contributed by atoms with Crippen molar-refractivity contribution in [3.05, 3.63) is 60.6 Å². The summed E-state index contributed by atoms with van der Waals surface area (Å²) in [6, 6.07) is 13.6. The molecule has 0 radical (unpaired) electrons. The predicted octanol–water partition coefficient (Wildman–Crippen LogP) is 3.51. The molecule has 2 aromatic heterocycles. The van der Waals surface area contributed by atoms with Crippen LogP contribution in [0.15, 0.2) is 55.0 Å². The predicted molar refractivity (Wildman–Crippen MR) is 106 cm³/mol. The fourth-order valence-corrected chi connectivity index (χ4v) is 3.83. The van der Waals surface area contributed by atoms with Crippen LogP contribution in [0.5, 0.6) is 0 Å². The van der Waals surface area contributed by atoms with Crippen LogP contribution in [0.3, 0.4) is 0 Å². The number of fused-ring (bicyclic) bond motifs is 1. The molecule has 0 amide bonds. The van der Waals surface area contributed by atoms with Crippen LogP contribution in [0.1, 0.15) is 24.4 Å². The fourth-order valence-electron chi connectivity index (χ4n) is 3.83. The van der Waals surface area contributed by atoms with Crippen molar-refractivity contribution in [2.24, 2.45) is 0 Å². The van der Waals surface area contributed by atoms with Gasteiger partial charge in [-0.1, -0.05) is 6.07 Å². The second-order valence-corrected chi connectivity index (χ2v) is 6.97.